The van der Waals surface area contributed by atoms with Crippen LogP contribution in [-0.2, 0) is 10.0 Å². The van der Waals surface area contributed by atoms with Crippen LogP contribution in [0.5, 0.6) is 5.75 Å². The summed E-state index contributed by atoms with van der Waals surface area (Å²) in [7, 11) is -3.64. The molecule has 1 fully saturated rings. The van der Waals surface area contributed by atoms with Crippen molar-refractivity contribution in [1.29, 1.82) is 0 Å². The van der Waals surface area contributed by atoms with E-state index in [9.17, 15) is 8.42 Å². The van der Waals surface area contributed by atoms with Crippen LogP contribution in [-0.4, -0.2) is 14.5 Å². The molecule has 0 aromatic heterocycles. The fourth-order valence-electron chi connectivity index (χ4n) is 1.92. The van der Waals surface area contributed by atoms with Gasteiger partial charge in [-0.25, -0.2) is 13.6 Å². The van der Waals surface area contributed by atoms with Crippen LogP contribution >= 0.6 is 0 Å². The number of hydrogen-bond donors (Lipinski definition) is 1. The highest BCUT2D eigenvalue weighted by molar-refractivity contribution is 7.89. The normalized spacial score (nSPS) is 17.6. The number of hydrogen-bond acceptors (Lipinski definition) is 3. The van der Waals surface area contributed by atoms with Crippen LogP contribution in [0.2, 0.25) is 0 Å². The van der Waals surface area contributed by atoms with E-state index in [0.717, 1.165) is 12.8 Å². The second-order valence-electron chi connectivity index (χ2n) is 4.04. The van der Waals surface area contributed by atoms with Crippen LogP contribution in [0.25, 0.3) is 0 Å². The standard InChI is InChI=1S/C11H15NO3S/c12-16(13,14)11-7-3-6-10(8-11)15-9-4-1-2-5-9/h3,6-9H,1-2,4-5H2,(H2,12,13,14). The average molecular weight is 241 g/mol. The Morgan fingerprint density at radius 1 is 1.25 bits per heavy atom. The summed E-state index contributed by atoms with van der Waals surface area (Å²) in [6, 6.07) is 6.35. The largest absolute Gasteiger partial charge is 0.490 e. The highest BCUT2D eigenvalue weighted by Crippen LogP contribution is 2.25. The molecule has 0 spiro atoms. The van der Waals surface area contributed by atoms with Gasteiger partial charge in [-0.1, -0.05) is 6.07 Å². The number of sulfonamides is 1. The SMILES string of the molecule is NS(=O)(=O)c1cccc(OC2CCCC2)c1. The van der Waals surface area contributed by atoms with Gasteiger partial charge in [0, 0.05) is 6.07 Å². The molecule has 0 aliphatic heterocycles. The van der Waals surface area contributed by atoms with Gasteiger partial charge in [0.2, 0.25) is 10.0 Å². The molecule has 5 heteroatoms. The predicted octanol–water partition coefficient (Wildman–Crippen LogP) is 1.66. The Morgan fingerprint density at radius 3 is 2.56 bits per heavy atom. The molecule has 16 heavy (non-hydrogen) atoms. The second-order valence-corrected chi connectivity index (χ2v) is 5.61. The maximum atomic E-state index is 11.1. The molecule has 2 rings (SSSR count). The Labute approximate surface area is 95.5 Å². The second kappa shape index (κ2) is 4.43. The molecular weight excluding hydrogens is 226 g/mol. The zero-order chi connectivity index (χ0) is 11.6. The number of benzene rings is 1. The van der Waals surface area contributed by atoms with E-state index < -0.39 is 10.0 Å². The van der Waals surface area contributed by atoms with Crippen molar-refractivity contribution in [2.24, 2.45) is 5.14 Å². The summed E-state index contributed by atoms with van der Waals surface area (Å²) < 4.78 is 28.0. The maximum Gasteiger partial charge on any atom is 0.238 e. The van der Waals surface area contributed by atoms with Crippen LogP contribution in [0.4, 0.5) is 0 Å². The van der Waals surface area contributed by atoms with E-state index in [1.165, 1.54) is 25.0 Å². The van der Waals surface area contributed by atoms with Crippen molar-refractivity contribution >= 4 is 10.0 Å². The Balaban J connectivity index is 2.16. The fourth-order valence-corrected chi connectivity index (χ4v) is 2.47. The molecule has 1 aromatic carbocycles. The van der Waals surface area contributed by atoms with Gasteiger partial charge in [0.15, 0.2) is 0 Å². The first-order valence-electron chi connectivity index (χ1n) is 5.35. The topological polar surface area (TPSA) is 69.4 Å². The molecule has 0 bridgehead atoms. The Hall–Kier alpha value is -1.07. The first kappa shape index (κ1) is 11.4. The quantitative estimate of drug-likeness (QED) is 0.874. The summed E-state index contributed by atoms with van der Waals surface area (Å²) in [5.74, 6) is 0.582. The number of nitrogens with two attached hydrogens (primary N) is 1. The van der Waals surface area contributed by atoms with Crippen LogP contribution in [0.1, 0.15) is 25.7 Å². The smallest absolute Gasteiger partial charge is 0.238 e. The Bertz CT molecular complexity index is 464. The van der Waals surface area contributed by atoms with Gasteiger partial charge in [0.25, 0.3) is 0 Å². The van der Waals surface area contributed by atoms with E-state index in [0.29, 0.717) is 5.75 Å². The summed E-state index contributed by atoms with van der Waals surface area (Å²) in [4.78, 5) is 0.1000. The van der Waals surface area contributed by atoms with Crippen LogP contribution in [0.15, 0.2) is 29.2 Å². The van der Waals surface area contributed by atoms with Crippen molar-refractivity contribution in [3.63, 3.8) is 0 Å². The van der Waals surface area contributed by atoms with Gasteiger partial charge in [-0.3, -0.25) is 0 Å². The molecule has 1 aromatic rings. The van der Waals surface area contributed by atoms with Gasteiger partial charge < -0.3 is 4.74 Å². The molecule has 0 amide bonds. The molecule has 0 heterocycles. The van der Waals surface area contributed by atoms with Crippen LogP contribution in [0.3, 0.4) is 0 Å². The molecule has 1 saturated carbocycles. The van der Waals surface area contributed by atoms with E-state index in [-0.39, 0.29) is 11.0 Å². The van der Waals surface area contributed by atoms with Crippen molar-refractivity contribution in [3.05, 3.63) is 24.3 Å². The Kier molecular flexibility index (Phi) is 3.16. The van der Waals surface area contributed by atoms with E-state index in [1.807, 2.05) is 0 Å². The molecule has 0 atom stereocenters. The lowest BCUT2D eigenvalue weighted by atomic mass is 10.3. The predicted molar refractivity (Wildman–Crippen MR) is 60.7 cm³/mol. The third-order valence-corrected chi connectivity index (χ3v) is 3.65. The number of primary sulfonamides is 1. The lowest BCUT2D eigenvalue weighted by Crippen LogP contribution is -2.14. The van der Waals surface area contributed by atoms with Crippen molar-refractivity contribution in [3.8, 4) is 5.75 Å². The highest BCUT2D eigenvalue weighted by atomic mass is 32.2. The maximum absolute atomic E-state index is 11.1. The van der Waals surface area contributed by atoms with E-state index in [2.05, 4.69) is 0 Å². The molecule has 4 nitrogen and oxygen atoms in total. The van der Waals surface area contributed by atoms with E-state index in [4.69, 9.17) is 9.88 Å². The highest BCUT2D eigenvalue weighted by Gasteiger charge is 2.17. The summed E-state index contributed by atoms with van der Waals surface area (Å²) in [5.41, 5.74) is 0. The van der Waals surface area contributed by atoms with Crippen molar-refractivity contribution in [2.45, 2.75) is 36.7 Å². The summed E-state index contributed by atoms with van der Waals surface area (Å²) in [6.45, 7) is 0. The van der Waals surface area contributed by atoms with Gasteiger partial charge in [-0.15, -0.1) is 0 Å². The summed E-state index contributed by atoms with van der Waals surface area (Å²) in [5, 5.41) is 5.05. The first-order chi connectivity index (χ1) is 7.55. The molecule has 0 saturated heterocycles. The van der Waals surface area contributed by atoms with Crippen molar-refractivity contribution in [1.82, 2.24) is 0 Å². The molecule has 88 valence electrons. The minimum Gasteiger partial charge on any atom is -0.490 e. The monoisotopic (exact) mass is 241 g/mol. The molecule has 1 aliphatic rings. The first-order valence-corrected chi connectivity index (χ1v) is 6.90. The minimum absolute atomic E-state index is 0.1000. The number of ether oxygens (including phenoxy) is 1. The van der Waals surface area contributed by atoms with E-state index >= 15 is 0 Å². The van der Waals surface area contributed by atoms with E-state index in [1.54, 1.807) is 12.1 Å². The van der Waals surface area contributed by atoms with Gasteiger partial charge in [-0.2, -0.15) is 0 Å². The lowest BCUT2D eigenvalue weighted by Gasteiger charge is -2.13. The molecule has 1 aliphatic carbocycles. The third-order valence-electron chi connectivity index (χ3n) is 2.74. The molecule has 0 radical (unpaired) electrons. The van der Waals surface area contributed by atoms with Crippen LogP contribution in [0, 0.1) is 0 Å². The van der Waals surface area contributed by atoms with Gasteiger partial charge in [0.1, 0.15) is 5.75 Å². The van der Waals surface area contributed by atoms with Gasteiger partial charge in [0.05, 0.1) is 11.0 Å². The molecule has 2 N–H and O–H groups in total. The zero-order valence-corrected chi connectivity index (χ0v) is 9.74. The Morgan fingerprint density at radius 2 is 1.94 bits per heavy atom. The van der Waals surface area contributed by atoms with Gasteiger partial charge in [-0.05, 0) is 37.8 Å². The van der Waals surface area contributed by atoms with Crippen molar-refractivity contribution in [2.75, 3.05) is 0 Å². The fraction of sp³-hybridized carbons (Fsp3) is 0.455. The minimum atomic E-state index is -3.64. The summed E-state index contributed by atoms with van der Waals surface area (Å²) in [6.07, 6.45) is 4.66. The summed E-state index contributed by atoms with van der Waals surface area (Å²) >= 11 is 0. The lowest BCUT2D eigenvalue weighted by molar-refractivity contribution is 0.209. The van der Waals surface area contributed by atoms with Crippen molar-refractivity contribution < 1.29 is 13.2 Å². The third kappa shape index (κ3) is 2.74. The van der Waals surface area contributed by atoms with Gasteiger partial charge >= 0.3 is 0 Å². The molecular formula is C11H15NO3S. The number of rotatable bonds is 3. The average Bonchev–Trinajstić information content (AvgIpc) is 2.70. The van der Waals surface area contributed by atoms with Crippen LogP contribution < -0.4 is 9.88 Å². The molecule has 0 unspecified atom stereocenters. The zero-order valence-electron chi connectivity index (χ0n) is 8.93.